The van der Waals surface area contributed by atoms with E-state index in [1.165, 1.54) is 257 Å². The maximum Gasteiger partial charge on any atom is 0.268 e. The molecule has 2 N–H and O–H groups in total. The highest BCUT2D eigenvalue weighted by molar-refractivity contribution is 7.45. The molecule has 0 radical (unpaired) electrons. The van der Waals surface area contributed by atoms with E-state index in [2.05, 4.69) is 43.5 Å². The number of quaternary nitrogens is 1. The number of phosphoric acid groups is 1. The van der Waals surface area contributed by atoms with Gasteiger partial charge in [0.1, 0.15) is 13.2 Å². The average molecular weight is 1050 g/mol. The Morgan fingerprint density at radius 2 is 0.767 bits per heavy atom. The van der Waals surface area contributed by atoms with Crippen LogP contribution in [0.2, 0.25) is 0 Å². The lowest BCUT2D eigenvalue weighted by Gasteiger charge is -2.29. The van der Waals surface area contributed by atoms with Crippen molar-refractivity contribution in [3.05, 3.63) is 36.5 Å². The van der Waals surface area contributed by atoms with Crippen LogP contribution in [0, 0.1) is 0 Å². The van der Waals surface area contributed by atoms with E-state index in [0.717, 1.165) is 38.5 Å². The monoisotopic (exact) mass is 1050 g/mol. The summed E-state index contributed by atoms with van der Waals surface area (Å²) in [6.07, 6.45) is 72.5. The summed E-state index contributed by atoms with van der Waals surface area (Å²) in [4.78, 5) is 25.5. The van der Waals surface area contributed by atoms with Crippen molar-refractivity contribution in [3.8, 4) is 0 Å². The fraction of sp³-hybridized carbons (Fsp3) is 0.891. The number of aliphatic hydroxyl groups excluding tert-OH is 1. The van der Waals surface area contributed by atoms with Gasteiger partial charge in [-0.15, -0.1) is 0 Å². The van der Waals surface area contributed by atoms with Gasteiger partial charge in [0, 0.05) is 6.42 Å². The van der Waals surface area contributed by atoms with E-state index in [9.17, 15) is 19.4 Å². The highest BCUT2D eigenvalue weighted by atomic mass is 31.2. The van der Waals surface area contributed by atoms with Crippen molar-refractivity contribution in [2.75, 3.05) is 40.9 Å². The molecular formula is C64H125N2O6P. The number of hydrogen-bond acceptors (Lipinski definition) is 6. The molecule has 432 valence electrons. The van der Waals surface area contributed by atoms with E-state index < -0.39 is 20.0 Å². The Balaban J connectivity index is 4.12. The molecule has 0 aliphatic carbocycles. The van der Waals surface area contributed by atoms with Crippen molar-refractivity contribution in [1.82, 2.24) is 5.32 Å². The second-order valence-corrected chi connectivity index (χ2v) is 24.5. The molecule has 3 unspecified atom stereocenters. The molecule has 0 aromatic carbocycles. The van der Waals surface area contributed by atoms with E-state index in [0.29, 0.717) is 17.4 Å². The van der Waals surface area contributed by atoms with E-state index in [1.54, 1.807) is 6.08 Å². The van der Waals surface area contributed by atoms with Crippen LogP contribution in [0.1, 0.15) is 316 Å². The van der Waals surface area contributed by atoms with Gasteiger partial charge in [0.05, 0.1) is 39.9 Å². The molecule has 0 bridgehead atoms. The molecule has 73 heavy (non-hydrogen) atoms. The molecule has 8 nitrogen and oxygen atoms in total. The molecule has 1 amide bonds. The maximum atomic E-state index is 13.0. The van der Waals surface area contributed by atoms with Crippen LogP contribution in [0.4, 0.5) is 0 Å². The lowest BCUT2D eigenvalue weighted by molar-refractivity contribution is -0.870. The van der Waals surface area contributed by atoms with Gasteiger partial charge in [-0.05, 0) is 57.8 Å². The fourth-order valence-corrected chi connectivity index (χ4v) is 10.3. The van der Waals surface area contributed by atoms with Gasteiger partial charge in [-0.3, -0.25) is 9.36 Å². The average Bonchev–Trinajstić information content (AvgIpc) is 3.35. The molecule has 0 fully saturated rings. The van der Waals surface area contributed by atoms with Gasteiger partial charge in [-0.1, -0.05) is 288 Å². The van der Waals surface area contributed by atoms with Crippen LogP contribution < -0.4 is 10.2 Å². The normalized spacial score (nSPS) is 14.0. The Hall–Kier alpha value is -1.28. The number of likely N-dealkylation sites (N-methyl/N-ethyl adjacent to an activating group) is 1. The smallest absolute Gasteiger partial charge is 0.268 e. The Morgan fingerprint density at radius 3 is 1.11 bits per heavy atom. The van der Waals surface area contributed by atoms with Crippen molar-refractivity contribution in [3.63, 3.8) is 0 Å². The summed E-state index contributed by atoms with van der Waals surface area (Å²) < 4.78 is 23.4. The van der Waals surface area contributed by atoms with Crippen LogP contribution >= 0.6 is 7.82 Å². The molecule has 0 saturated carbocycles. The Morgan fingerprint density at radius 1 is 0.466 bits per heavy atom. The van der Waals surface area contributed by atoms with E-state index in [4.69, 9.17) is 9.05 Å². The first-order chi connectivity index (χ1) is 35.5. The summed E-state index contributed by atoms with van der Waals surface area (Å²) in [5.41, 5.74) is 0. The van der Waals surface area contributed by atoms with E-state index >= 15 is 0 Å². The third kappa shape index (κ3) is 58.2. The van der Waals surface area contributed by atoms with Gasteiger partial charge < -0.3 is 28.8 Å². The Kier molecular flexibility index (Phi) is 54.5. The first-order valence-electron chi connectivity index (χ1n) is 31.9. The Bertz CT molecular complexity index is 1280. The molecule has 0 spiro atoms. The second kappa shape index (κ2) is 55.5. The minimum atomic E-state index is -4.61. The zero-order valence-corrected chi connectivity index (χ0v) is 50.3. The molecular weight excluding hydrogens is 924 g/mol. The number of carbonyl (C=O) groups excluding carboxylic acids is 1. The van der Waals surface area contributed by atoms with Gasteiger partial charge in [0.2, 0.25) is 5.91 Å². The van der Waals surface area contributed by atoms with Crippen LogP contribution in [0.25, 0.3) is 0 Å². The summed E-state index contributed by atoms with van der Waals surface area (Å²) in [6, 6.07) is -0.903. The number of hydrogen-bond donors (Lipinski definition) is 2. The number of phosphoric ester groups is 1. The van der Waals surface area contributed by atoms with Crippen molar-refractivity contribution in [1.29, 1.82) is 0 Å². The number of nitrogens with zero attached hydrogens (tertiary/aromatic N) is 1. The molecule has 0 saturated heterocycles. The molecule has 0 aromatic heterocycles. The highest BCUT2D eigenvalue weighted by Crippen LogP contribution is 2.38. The molecule has 0 aliphatic heterocycles. The fourth-order valence-electron chi connectivity index (χ4n) is 9.58. The van der Waals surface area contributed by atoms with Gasteiger partial charge in [0.15, 0.2) is 0 Å². The summed E-state index contributed by atoms with van der Waals surface area (Å²) in [5, 5.41) is 13.9. The minimum Gasteiger partial charge on any atom is -0.756 e. The topological polar surface area (TPSA) is 108 Å². The number of aliphatic hydroxyl groups is 1. The third-order valence-corrected chi connectivity index (χ3v) is 15.5. The third-order valence-electron chi connectivity index (χ3n) is 14.6. The zero-order valence-electron chi connectivity index (χ0n) is 49.4. The molecule has 0 aliphatic rings. The van der Waals surface area contributed by atoms with Crippen molar-refractivity contribution >= 4 is 13.7 Å². The van der Waals surface area contributed by atoms with Gasteiger partial charge in [-0.2, -0.15) is 0 Å². The number of nitrogens with one attached hydrogen (secondary N) is 1. The van der Waals surface area contributed by atoms with E-state index in [-0.39, 0.29) is 19.1 Å². The lowest BCUT2D eigenvalue weighted by atomic mass is 10.0. The van der Waals surface area contributed by atoms with Crippen molar-refractivity contribution < 1.29 is 32.9 Å². The van der Waals surface area contributed by atoms with E-state index in [1.807, 2.05) is 27.2 Å². The van der Waals surface area contributed by atoms with Crippen molar-refractivity contribution in [2.45, 2.75) is 328 Å². The number of unbranched alkanes of at least 4 members (excludes halogenated alkanes) is 42. The largest absolute Gasteiger partial charge is 0.756 e. The SMILES string of the molecule is CCCCCCCCCCCCCC/C=C\CCCCCCCCCCCCCCCCC(=O)NC(COP(=O)([O-])OCC[N+](C)(C)C)C(O)/C=C/CC/C=C/CCCCCCCCCCCCCCCCC. The molecule has 0 heterocycles. The summed E-state index contributed by atoms with van der Waals surface area (Å²) >= 11 is 0. The van der Waals surface area contributed by atoms with Crippen LogP contribution in [-0.2, 0) is 18.4 Å². The second-order valence-electron chi connectivity index (χ2n) is 23.1. The zero-order chi connectivity index (χ0) is 53.5. The minimum absolute atomic E-state index is 0.00511. The number of carbonyl (C=O) groups is 1. The van der Waals surface area contributed by atoms with Crippen LogP contribution in [0.5, 0.6) is 0 Å². The van der Waals surface area contributed by atoms with Crippen molar-refractivity contribution in [2.24, 2.45) is 0 Å². The standard InChI is InChI=1S/C64H125N2O6P/c1-6-8-10-12-14-16-18-20-22-24-26-28-29-30-31-32-33-34-35-36-38-40-42-44-46-48-50-52-54-56-58-64(68)65-62(61-72-73(69,70)71-60-59-66(3,4)5)63(67)57-55-53-51-49-47-45-43-41-39-37-27-25-23-21-19-17-15-13-11-9-7-2/h30-31,47,49,55,57,62-63,67H,6-29,32-46,48,50-54,56,58-61H2,1-5H3,(H-,65,68,69,70)/b31-30-,49-47+,57-55+. The number of rotatable bonds is 59. The summed E-state index contributed by atoms with van der Waals surface area (Å²) in [6.45, 7) is 4.67. The van der Waals surface area contributed by atoms with Crippen LogP contribution in [-0.4, -0.2) is 68.5 Å². The van der Waals surface area contributed by atoms with Crippen LogP contribution in [0.15, 0.2) is 36.5 Å². The predicted molar refractivity (Wildman–Crippen MR) is 316 cm³/mol. The van der Waals surface area contributed by atoms with Gasteiger partial charge in [0.25, 0.3) is 7.82 Å². The molecule has 3 atom stereocenters. The number of allylic oxidation sites excluding steroid dienone is 5. The first-order valence-corrected chi connectivity index (χ1v) is 33.3. The summed E-state index contributed by atoms with van der Waals surface area (Å²) in [7, 11) is 1.25. The molecule has 9 heteroatoms. The first kappa shape index (κ1) is 71.7. The Labute approximate surface area is 455 Å². The van der Waals surface area contributed by atoms with Gasteiger partial charge in [-0.25, -0.2) is 0 Å². The molecule has 0 rings (SSSR count). The summed E-state index contributed by atoms with van der Waals surface area (Å²) in [5.74, 6) is -0.202. The molecule has 0 aromatic rings. The predicted octanol–water partition coefficient (Wildman–Crippen LogP) is 19.1. The maximum absolute atomic E-state index is 13.0. The van der Waals surface area contributed by atoms with Crippen LogP contribution in [0.3, 0.4) is 0 Å². The highest BCUT2D eigenvalue weighted by Gasteiger charge is 2.23. The number of amides is 1. The quantitative estimate of drug-likeness (QED) is 0.0272. The lowest BCUT2D eigenvalue weighted by Crippen LogP contribution is -2.45. The van der Waals surface area contributed by atoms with Gasteiger partial charge >= 0.3 is 0 Å².